The van der Waals surface area contributed by atoms with Gasteiger partial charge in [0.25, 0.3) is 11.1 Å². The number of benzene rings is 2. The van der Waals surface area contributed by atoms with Gasteiger partial charge in [-0.25, -0.2) is 13.9 Å². The van der Waals surface area contributed by atoms with Crippen LogP contribution in [-0.4, -0.2) is 40.1 Å². The highest BCUT2D eigenvalue weighted by atomic mass is 127. The van der Waals surface area contributed by atoms with Crippen LogP contribution in [0.5, 0.6) is 0 Å². The Bertz CT molecular complexity index is 1870. The number of rotatable bonds is 6. The minimum Gasteiger partial charge on any atom is -0.450 e. The number of pyridine rings is 1. The zero-order valence-electron chi connectivity index (χ0n) is 23.4. The molecule has 0 spiro atoms. The minimum absolute atomic E-state index is 0.0890. The number of halogens is 2. The molecule has 5 rings (SSSR count). The summed E-state index contributed by atoms with van der Waals surface area (Å²) >= 11 is 2.01. The number of fused-ring (bicyclic) bond motifs is 1. The van der Waals surface area contributed by atoms with Crippen LogP contribution in [0.1, 0.15) is 31.4 Å². The van der Waals surface area contributed by atoms with Crippen LogP contribution in [0.4, 0.5) is 26.2 Å². The molecule has 1 aliphatic carbocycles. The molecule has 218 valence electrons. The summed E-state index contributed by atoms with van der Waals surface area (Å²) in [4.78, 5) is 40.7. The van der Waals surface area contributed by atoms with Crippen LogP contribution >= 0.6 is 22.6 Å². The quantitative estimate of drug-likeness (QED) is 0.148. The van der Waals surface area contributed by atoms with Gasteiger partial charge in [-0.15, -0.1) is 0 Å². The Morgan fingerprint density at radius 2 is 1.95 bits per heavy atom. The van der Waals surface area contributed by atoms with Gasteiger partial charge in [0.05, 0.1) is 34.9 Å². The van der Waals surface area contributed by atoms with Crippen LogP contribution in [0.15, 0.2) is 52.1 Å². The summed E-state index contributed by atoms with van der Waals surface area (Å²) in [5.41, 5.74) is 1.69. The highest BCUT2D eigenvalue weighted by Gasteiger charge is 2.30. The first kappa shape index (κ1) is 29.2. The van der Waals surface area contributed by atoms with Gasteiger partial charge >= 0.3 is 6.09 Å². The zero-order valence-corrected chi connectivity index (χ0v) is 25.6. The number of carbonyl (C=O) groups is 1. The Kier molecular flexibility index (Phi) is 8.03. The Balaban J connectivity index is 1.72. The van der Waals surface area contributed by atoms with E-state index in [-0.39, 0.29) is 52.1 Å². The second-order valence-corrected chi connectivity index (χ2v) is 11.2. The fourth-order valence-corrected chi connectivity index (χ4v) is 5.17. The van der Waals surface area contributed by atoms with Crippen molar-refractivity contribution in [3.8, 4) is 11.3 Å². The summed E-state index contributed by atoms with van der Waals surface area (Å²) in [6.45, 7) is 3.44. The number of carbonyl (C=O) groups excluding carboxylic acids is 1. The maximum atomic E-state index is 14.9. The first-order valence-electron chi connectivity index (χ1n) is 13.3. The molecule has 42 heavy (non-hydrogen) atoms. The fraction of sp³-hybridized carbons (Fsp3) is 0.276. The zero-order chi connectivity index (χ0) is 30.3. The van der Waals surface area contributed by atoms with Gasteiger partial charge < -0.3 is 19.5 Å². The lowest BCUT2D eigenvalue weighted by atomic mass is 10.0. The number of nitrogens with zero attached hydrogens (tertiary/aromatic N) is 4. The van der Waals surface area contributed by atoms with Crippen molar-refractivity contribution in [3.05, 3.63) is 78.1 Å². The normalized spacial score (nSPS) is 12.7. The largest absolute Gasteiger partial charge is 0.450 e. The smallest absolute Gasteiger partial charge is 0.413 e. The van der Waals surface area contributed by atoms with Crippen molar-refractivity contribution >= 4 is 62.6 Å². The molecule has 0 radical (unpaired) electrons. The summed E-state index contributed by atoms with van der Waals surface area (Å²) in [7, 11) is 3.19. The molecule has 13 heteroatoms. The van der Waals surface area contributed by atoms with Crippen molar-refractivity contribution in [3.63, 3.8) is 0 Å². The molecule has 3 N–H and O–H groups in total. The molecule has 0 saturated heterocycles. The van der Waals surface area contributed by atoms with Crippen LogP contribution in [0.3, 0.4) is 0 Å². The summed E-state index contributed by atoms with van der Waals surface area (Å²) in [6.07, 6.45) is 0.831. The maximum Gasteiger partial charge on any atom is 0.413 e. The molecule has 4 aromatic rings. The number of anilines is 3. The van der Waals surface area contributed by atoms with Gasteiger partial charge in [0.2, 0.25) is 5.96 Å². The van der Waals surface area contributed by atoms with E-state index in [1.54, 1.807) is 64.3 Å². The number of nitrogens with one attached hydrogen (secondary N) is 3. The van der Waals surface area contributed by atoms with Crippen LogP contribution in [0, 0.1) is 21.7 Å². The van der Waals surface area contributed by atoms with E-state index in [0.29, 0.717) is 26.0 Å². The Hall–Kier alpha value is -4.27. The Labute approximate surface area is 253 Å². The predicted octanol–water partition coefficient (Wildman–Crippen LogP) is 5.01. The van der Waals surface area contributed by atoms with Gasteiger partial charge in [0.15, 0.2) is 0 Å². The highest BCUT2D eigenvalue weighted by molar-refractivity contribution is 14.1. The third-order valence-electron chi connectivity index (χ3n) is 7.10. The van der Waals surface area contributed by atoms with Crippen molar-refractivity contribution in [2.24, 2.45) is 7.05 Å². The van der Waals surface area contributed by atoms with Gasteiger partial charge in [-0.3, -0.25) is 20.3 Å². The maximum absolute atomic E-state index is 14.9. The molecule has 0 bridgehead atoms. The van der Waals surface area contributed by atoms with E-state index in [1.807, 2.05) is 22.6 Å². The number of amides is 1. The van der Waals surface area contributed by atoms with E-state index in [0.717, 1.165) is 12.8 Å². The summed E-state index contributed by atoms with van der Waals surface area (Å²) in [5, 5.41) is 18.7. The van der Waals surface area contributed by atoms with E-state index in [9.17, 15) is 18.8 Å². The van der Waals surface area contributed by atoms with Crippen LogP contribution in [0.2, 0.25) is 0 Å². The van der Waals surface area contributed by atoms with E-state index in [2.05, 4.69) is 10.6 Å². The lowest BCUT2D eigenvalue weighted by Gasteiger charge is -2.22. The lowest BCUT2D eigenvalue weighted by Crippen LogP contribution is -2.41. The average molecular weight is 685 g/mol. The Morgan fingerprint density at radius 1 is 1.21 bits per heavy atom. The second kappa shape index (κ2) is 11.5. The molecule has 0 aliphatic heterocycles. The summed E-state index contributed by atoms with van der Waals surface area (Å²) < 4.78 is 23.3. The molecule has 11 nitrogen and oxygen atoms in total. The molecule has 2 aromatic carbocycles. The number of aromatic nitrogens is 3. The first-order chi connectivity index (χ1) is 20.0. The van der Waals surface area contributed by atoms with Crippen LogP contribution in [0.25, 0.3) is 22.2 Å². The highest BCUT2D eigenvalue weighted by Crippen LogP contribution is 2.37. The predicted molar refractivity (Wildman–Crippen MR) is 168 cm³/mol. The molecule has 2 aromatic heterocycles. The lowest BCUT2D eigenvalue weighted by molar-refractivity contribution is 0.157. The molecule has 1 amide bonds. The molecule has 1 fully saturated rings. The minimum atomic E-state index is -0.746. The third kappa shape index (κ3) is 5.47. The van der Waals surface area contributed by atoms with Crippen molar-refractivity contribution in [2.75, 3.05) is 23.9 Å². The molecular weight excluding hydrogens is 656 g/mol. The first-order valence-corrected chi connectivity index (χ1v) is 14.3. The number of guanidine groups is 1. The van der Waals surface area contributed by atoms with Gasteiger partial charge in [0, 0.05) is 34.5 Å². The molecule has 0 unspecified atom stereocenters. The van der Waals surface area contributed by atoms with Gasteiger partial charge in [0.1, 0.15) is 11.5 Å². The van der Waals surface area contributed by atoms with Crippen LogP contribution < -0.4 is 26.7 Å². The van der Waals surface area contributed by atoms with E-state index < -0.39 is 11.9 Å². The second-order valence-electron chi connectivity index (χ2n) is 9.97. The molecule has 0 atom stereocenters. The standard InChI is InChI=1S/C29H29FIN7O4/c1-5-42-29(41)34-28(32)36(3)19-8-6-7-16(13-19)24-25-22(27(40)38(35-24)18-10-11-18)23(15(2)26(39)37(25)4)33-21-12-9-17(31)14-20(21)30/h6-9,12-14,18,33H,5,10-11H2,1-4H3,(H2,32,34,41). The number of alkyl carbamates (subject to hydrolysis) is 1. The van der Waals surface area contributed by atoms with Crippen molar-refractivity contribution < 1.29 is 13.9 Å². The number of ether oxygens (including phenoxy) is 1. The molecule has 1 saturated carbocycles. The third-order valence-corrected chi connectivity index (χ3v) is 7.77. The van der Waals surface area contributed by atoms with E-state index in [1.165, 1.54) is 20.2 Å². The molecular formula is C29H29FIN7O4. The number of aryl methyl sites for hydroxylation is 1. The number of hydrogen-bond donors (Lipinski definition) is 3. The average Bonchev–Trinajstić information content (AvgIpc) is 3.80. The summed E-state index contributed by atoms with van der Waals surface area (Å²) in [6, 6.07) is 11.6. The van der Waals surface area contributed by atoms with Crippen molar-refractivity contribution in [1.29, 1.82) is 5.41 Å². The summed E-state index contributed by atoms with van der Waals surface area (Å²) in [5.74, 6) is -0.720. The van der Waals surface area contributed by atoms with E-state index >= 15 is 0 Å². The van der Waals surface area contributed by atoms with Gasteiger partial charge in [-0.05, 0) is 79.6 Å². The molecule has 1 aliphatic rings. The monoisotopic (exact) mass is 685 g/mol. The SMILES string of the molecule is CCOC(=O)NC(=N)N(C)c1cccc(-c2nn(C3CC3)c(=O)c3c(Nc4ccc(I)cc4F)c(C)c(=O)n(C)c23)c1. The Morgan fingerprint density at radius 3 is 2.62 bits per heavy atom. The molecule has 2 heterocycles. The van der Waals surface area contributed by atoms with Crippen molar-refractivity contribution in [2.45, 2.75) is 32.7 Å². The van der Waals surface area contributed by atoms with Crippen molar-refractivity contribution in [1.82, 2.24) is 19.7 Å². The van der Waals surface area contributed by atoms with E-state index in [4.69, 9.17) is 15.2 Å². The van der Waals surface area contributed by atoms with Gasteiger partial charge in [-0.1, -0.05) is 12.1 Å². The topological polar surface area (TPSA) is 134 Å². The van der Waals surface area contributed by atoms with Crippen LogP contribution in [-0.2, 0) is 11.8 Å². The number of hydrogen-bond acceptors (Lipinski definition) is 7. The van der Waals surface area contributed by atoms with Gasteiger partial charge in [-0.2, -0.15) is 5.10 Å². The fourth-order valence-electron chi connectivity index (χ4n) is 4.72.